The topological polar surface area (TPSA) is 93.5 Å². The zero-order valence-electron chi connectivity index (χ0n) is 17.2. The van der Waals surface area contributed by atoms with Gasteiger partial charge in [-0.3, -0.25) is 19.0 Å². The number of carbonyl (C=O) groups excluding carboxylic acids is 2. The van der Waals surface area contributed by atoms with Crippen LogP contribution >= 0.6 is 0 Å². The van der Waals surface area contributed by atoms with Crippen LogP contribution in [0.15, 0.2) is 53.3 Å². The number of rotatable bonds is 7. The van der Waals surface area contributed by atoms with Gasteiger partial charge in [0, 0.05) is 12.2 Å². The first kappa shape index (κ1) is 21.0. The number of amides is 2. The predicted molar refractivity (Wildman–Crippen MR) is 115 cm³/mol. The van der Waals surface area contributed by atoms with Gasteiger partial charge in [-0.25, -0.2) is 4.98 Å². The molecule has 1 heterocycles. The first-order chi connectivity index (χ1) is 14.4. The van der Waals surface area contributed by atoms with Gasteiger partial charge in [0.05, 0.1) is 24.6 Å². The number of ether oxygens (including phenoxy) is 1. The molecule has 0 saturated carbocycles. The second kappa shape index (κ2) is 9.21. The van der Waals surface area contributed by atoms with Gasteiger partial charge in [0.25, 0.3) is 5.56 Å². The average molecular weight is 408 g/mol. The quantitative estimate of drug-likeness (QED) is 0.647. The maximum atomic E-state index is 12.8. The number of likely N-dealkylation sites (N-methyl/N-ethyl adjacent to an activating group) is 1. The van der Waals surface area contributed by atoms with Crippen LogP contribution in [0.2, 0.25) is 0 Å². The van der Waals surface area contributed by atoms with E-state index in [0.29, 0.717) is 34.7 Å². The molecule has 0 aliphatic rings. The van der Waals surface area contributed by atoms with Crippen molar-refractivity contribution in [2.75, 3.05) is 25.5 Å². The highest BCUT2D eigenvalue weighted by Crippen LogP contribution is 2.15. The molecule has 0 atom stereocenters. The summed E-state index contributed by atoms with van der Waals surface area (Å²) in [5.74, 6) is 0.481. The average Bonchev–Trinajstić information content (AvgIpc) is 2.75. The number of aromatic nitrogens is 2. The van der Waals surface area contributed by atoms with Crippen LogP contribution in [0, 0.1) is 6.92 Å². The summed E-state index contributed by atoms with van der Waals surface area (Å²) in [6.45, 7) is 3.52. The molecule has 156 valence electrons. The third-order valence-electron chi connectivity index (χ3n) is 4.79. The van der Waals surface area contributed by atoms with Crippen molar-refractivity contribution in [2.45, 2.75) is 20.4 Å². The lowest BCUT2D eigenvalue weighted by Gasteiger charge is -2.21. The molecule has 0 spiro atoms. The summed E-state index contributed by atoms with van der Waals surface area (Å²) < 4.78 is 6.43. The Morgan fingerprint density at radius 2 is 1.83 bits per heavy atom. The molecule has 30 heavy (non-hydrogen) atoms. The molecule has 1 aromatic heterocycles. The number of hydrogen-bond acceptors (Lipinski definition) is 5. The van der Waals surface area contributed by atoms with Crippen molar-refractivity contribution in [2.24, 2.45) is 0 Å². The Kier molecular flexibility index (Phi) is 6.46. The van der Waals surface area contributed by atoms with E-state index in [-0.39, 0.29) is 30.5 Å². The van der Waals surface area contributed by atoms with E-state index < -0.39 is 0 Å². The zero-order chi connectivity index (χ0) is 21.7. The van der Waals surface area contributed by atoms with Crippen LogP contribution in [0.3, 0.4) is 0 Å². The fourth-order valence-corrected chi connectivity index (χ4v) is 3.13. The lowest BCUT2D eigenvalue weighted by Crippen LogP contribution is -2.41. The van der Waals surface area contributed by atoms with Gasteiger partial charge in [-0.15, -0.1) is 0 Å². The molecule has 0 radical (unpaired) electrons. The lowest BCUT2D eigenvalue weighted by atomic mass is 10.2. The normalized spacial score (nSPS) is 10.6. The Morgan fingerprint density at radius 1 is 1.13 bits per heavy atom. The highest BCUT2D eigenvalue weighted by molar-refractivity contribution is 5.94. The molecule has 0 bridgehead atoms. The molecule has 0 aliphatic carbocycles. The molecular weight excluding hydrogens is 384 g/mol. The second-order valence-corrected chi connectivity index (χ2v) is 6.75. The molecule has 2 amide bonds. The Labute approximate surface area is 174 Å². The van der Waals surface area contributed by atoms with Crippen LogP contribution in [-0.2, 0) is 16.1 Å². The van der Waals surface area contributed by atoms with Crippen molar-refractivity contribution < 1.29 is 14.3 Å². The van der Waals surface area contributed by atoms with E-state index >= 15 is 0 Å². The van der Waals surface area contributed by atoms with Crippen molar-refractivity contribution in [3.63, 3.8) is 0 Å². The van der Waals surface area contributed by atoms with Gasteiger partial charge in [-0.1, -0.05) is 12.1 Å². The predicted octanol–water partition coefficient (Wildman–Crippen LogP) is 2.20. The number of anilines is 1. The maximum absolute atomic E-state index is 12.8. The van der Waals surface area contributed by atoms with Crippen molar-refractivity contribution in [1.29, 1.82) is 0 Å². The minimum atomic E-state index is -0.329. The number of aryl methyl sites for hydroxylation is 1. The molecule has 8 heteroatoms. The fraction of sp³-hybridized carbons (Fsp3) is 0.273. The number of nitrogens with zero attached hydrogens (tertiary/aromatic N) is 3. The highest BCUT2D eigenvalue weighted by Gasteiger charge is 2.18. The van der Waals surface area contributed by atoms with E-state index in [0.717, 1.165) is 0 Å². The minimum absolute atomic E-state index is 0.115. The number of nitrogens with one attached hydrogen (secondary N) is 1. The van der Waals surface area contributed by atoms with Crippen LogP contribution in [0.25, 0.3) is 10.9 Å². The van der Waals surface area contributed by atoms with Crippen molar-refractivity contribution in [3.8, 4) is 5.75 Å². The van der Waals surface area contributed by atoms with E-state index in [2.05, 4.69) is 10.3 Å². The molecule has 8 nitrogen and oxygen atoms in total. The third kappa shape index (κ3) is 4.65. The summed E-state index contributed by atoms with van der Waals surface area (Å²) in [4.78, 5) is 43.8. The zero-order valence-corrected chi connectivity index (χ0v) is 17.2. The van der Waals surface area contributed by atoms with Crippen LogP contribution in [0.5, 0.6) is 5.75 Å². The molecule has 0 unspecified atom stereocenters. The number of benzene rings is 2. The summed E-state index contributed by atoms with van der Waals surface area (Å²) in [5, 5.41) is 3.21. The summed E-state index contributed by atoms with van der Waals surface area (Å²) in [6.07, 6.45) is 0. The SMILES string of the molecule is CCN(CC(=O)Nc1ccc(OC)cc1)C(=O)Cn1c(C)nc2ccccc2c1=O. The molecule has 1 N–H and O–H groups in total. The van der Waals surface area contributed by atoms with Crippen molar-refractivity contribution >= 4 is 28.4 Å². The lowest BCUT2D eigenvalue weighted by molar-refractivity contribution is -0.135. The van der Waals surface area contributed by atoms with Crippen molar-refractivity contribution in [1.82, 2.24) is 14.5 Å². The molecule has 0 saturated heterocycles. The summed E-state index contributed by atoms with van der Waals surface area (Å²) in [5.41, 5.74) is 0.926. The Bertz CT molecular complexity index is 1120. The summed E-state index contributed by atoms with van der Waals surface area (Å²) in [6, 6.07) is 13.9. The first-order valence-corrected chi connectivity index (χ1v) is 9.60. The van der Waals surface area contributed by atoms with Gasteiger partial charge in [-0.2, -0.15) is 0 Å². The van der Waals surface area contributed by atoms with E-state index in [1.807, 2.05) is 6.07 Å². The van der Waals surface area contributed by atoms with Gasteiger partial charge < -0.3 is 15.0 Å². The van der Waals surface area contributed by atoms with Crippen molar-refractivity contribution in [3.05, 3.63) is 64.7 Å². The number of para-hydroxylation sites is 1. The van der Waals surface area contributed by atoms with E-state index in [4.69, 9.17) is 4.74 Å². The van der Waals surface area contributed by atoms with Crippen LogP contribution in [-0.4, -0.2) is 46.5 Å². The highest BCUT2D eigenvalue weighted by atomic mass is 16.5. The smallest absolute Gasteiger partial charge is 0.261 e. The minimum Gasteiger partial charge on any atom is -0.497 e. The van der Waals surface area contributed by atoms with Gasteiger partial charge in [0.1, 0.15) is 18.1 Å². The summed E-state index contributed by atoms with van der Waals surface area (Å²) >= 11 is 0. The van der Waals surface area contributed by atoms with E-state index in [1.165, 1.54) is 9.47 Å². The maximum Gasteiger partial charge on any atom is 0.261 e. The first-order valence-electron chi connectivity index (χ1n) is 9.60. The molecule has 3 rings (SSSR count). The molecule has 0 aliphatic heterocycles. The number of hydrogen-bond donors (Lipinski definition) is 1. The van der Waals surface area contributed by atoms with Crippen LogP contribution in [0.1, 0.15) is 12.7 Å². The molecular formula is C22H24N4O4. The number of fused-ring (bicyclic) bond motifs is 1. The van der Waals surface area contributed by atoms with Gasteiger partial charge >= 0.3 is 0 Å². The largest absolute Gasteiger partial charge is 0.497 e. The van der Waals surface area contributed by atoms with Gasteiger partial charge in [0.15, 0.2) is 0 Å². The fourth-order valence-electron chi connectivity index (χ4n) is 3.13. The molecule has 2 aromatic carbocycles. The van der Waals surface area contributed by atoms with Crippen LogP contribution < -0.4 is 15.6 Å². The Balaban J connectivity index is 1.71. The standard InChI is InChI=1S/C22H24N4O4/c1-4-25(13-20(27)24-16-9-11-17(30-3)12-10-16)21(28)14-26-15(2)23-19-8-6-5-7-18(19)22(26)29/h5-12H,4,13-14H2,1-3H3,(H,24,27). The molecule has 0 fully saturated rings. The van der Waals surface area contributed by atoms with Gasteiger partial charge in [-0.05, 0) is 50.2 Å². The van der Waals surface area contributed by atoms with Crippen LogP contribution in [0.4, 0.5) is 5.69 Å². The molecule has 3 aromatic rings. The Morgan fingerprint density at radius 3 is 2.50 bits per heavy atom. The second-order valence-electron chi connectivity index (χ2n) is 6.75. The Hall–Kier alpha value is -3.68. The number of methoxy groups -OCH3 is 1. The third-order valence-corrected chi connectivity index (χ3v) is 4.79. The monoisotopic (exact) mass is 408 g/mol. The number of carbonyl (C=O) groups is 2. The van der Waals surface area contributed by atoms with Gasteiger partial charge in [0.2, 0.25) is 11.8 Å². The van der Waals surface area contributed by atoms with E-state index in [1.54, 1.807) is 63.4 Å². The van der Waals surface area contributed by atoms with E-state index in [9.17, 15) is 14.4 Å². The summed E-state index contributed by atoms with van der Waals surface area (Å²) in [7, 11) is 1.57.